The topological polar surface area (TPSA) is 48.8 Å². The molecule has 1 heterocycles. The van der Waals surface area contributed by atoms with Gasteiger partial charge in [-0.15, -0.1) is 0 Å². The lowest BCUT2D eigenvalue weighted by molar-refractivity contribution is 0.409. The van der Waals surface area contributed by atoms with Gasteiger partial charge in [0.25, 0.3) is 0 Å². The Labute approximate surface area is 107 Å². The first-order valence-electron chi connectivity index (χ1n) is 5.84. The maximum Gasteiger partial charge on any atom is 0.124 e. The molecule has 2 aromatic rings. The molecule has 18 heavy (non-hydrogen) atoms. The fourth-order valence-electron chi connectivity index (χ4n) is 2.05. The number of benzene rings is 1. The van der Waals surface area contributed by atoms with Crippen molar-refractivity contribution in [1.82, 2.24) is 4.98 Å². The largest absolute Gasteiger partial charge is 0.496 e. The normalized spacial score (nSPS) is 11.9. The van der Waals surface area contributed by atoms with Crippen LogP contribution in [0.3, 0.4) is 0 Å². The van der Waals surface area contributed by atoms with Crippen LogP contribution in [0.2, 0.25) is 0 Å². The Morgan fingerprint density at radius 3 is 2.56 bits per heavy atom. The first-order chi connectivity index (χ1) is 8.67. The SMILES string of the molecule is COc1cc(C)c(C)cc1C(C#N)c1cc[nH]c1. The van der Waals surface area contributed by atoms with Crippen LogP contribution in [0.25, 0.3) is 0 Å². The summed E-state index contributed by atoms with van der Waals surface area (Å²) < 4.78 is 5.40. The van der Waals surface area contributed by atoms with Crippen molar-refractivity contribution in [2.45, 2.75) is 19.8 Å². The number of ether oxygens (including phenoxy) is 1. The van der Waals surface area contributed by atoms with E-state index in [1.807, 2.05) is 44.4 Å². The number of H-pyrrole nitrogens is 1. The van der Waals surface area contributed by atoms with Crippen molar-refractivity contribution < 1.29 is 4.74 Å². The Morgan fingerprint density at radius 2 is 2.00 bits per heavy atom. The highest BCUT2D eigenvalue weighted by atomic mass is 16.5. The molecule has 92 valence electrons. The van der Waals surface area contributed by atoms with Crippen LogP contribution in [0.15, 0.2) is 30.6 Å². The van der Waals surface area contributed by atoms with Crippen molar-refractivity contribution in [3.8, 4) is 11.8 Å². The first-order valence-corrected chi connectivity index (χ1v) is 5.84. The quantitative estimate of drug-likeness (QED) is 0.894. The third-order valence-corrected chi connectivity index (χ3v) is 3.24. The Bertz CT molecular complexity index is 579. The number of hydrogen-bond acceptors (Lipinski definition) is 2. The summed E-state index contributed by atoms with van der Waals surface area (Å²) in [5, 5.41) is 9.41. The van der Waals surface area contributed by atoms with E-state index in [0.29, 0.717) is 0 Å². The van der Waals surface area contributed by atoms with E-state index in [1.54, 1.807) is 7.11 Å². The molecule has 0 aliphatic carbocycles. The number of nitriles is 1. The summed E-state index contributed by atoms with van der Waals surface area (Å²) in [7, 11) is 1.64. The van der Waals surface area contributed by atoms with Gasteiger partial charge in [0.05, 0.1) is 13.2 Å². The summed E-state index contributed by atoms with van der Waals surface area (Å²) in [4.78, 5) is 2.99. The minimum atomic E-state index is -0.300. The van der Waals surface area contributed by atoms with Gasteiger partial charge in [-0.1, -0.05) is 6.07 Å². The number of hydrogen-bond donors (Lipinski definition) is 1. The summed E-state index contributed by atoms with van der Waals surface area (Å²) in [6.07, 6.45) is 3.68. The molecule has 1 aromatic carbocycles. The minimum Gasteiger partial charge on any atom is -0.496 e. The van der Waals surface area contributed by atoms with Crippen molar-refractivity contribution in [2.75, 3.05) is 7.11 Å². The summed E-state index contributed by atoms with van der Waals surface area (Å²) in [6, 6.07) is 8.29. The molecule has 0 spiro atoms. The maximum absolute atomic E-state index is 9.41. The predicted octanol–water partition coefficient (Wildman–Crippen LogP) is 3.30. The van der Waals surface area contributed by atoms with E-state index < -0.39 is 0 Å². The van der Waals surface area contributed by atoms with E-state index in [0.717, 1.165) is 16.9 Å². The number of aromatic amines is 1. The number of nitrogens with zero attached hydrogens (tertiary/aromatic N) is 1. The van der Waals surface area contributed by atoms with Crippen molar-refractivity contribution in [3.63, 3.8) is 0 Å². The molecule has 0 fully saturated rings. The van der Waals surface area contributed by atoms with Crippen molar-refractivity contribution >= 4 is 0 Å². The monoisotopic (exact) mass is 240 g/mol. The Kier molecular flexibility index (Phi) is 3.38. The highest BCUT2D eigenvalue weighted by Crippen LogP contribution is 2.33. The van der Waals surface area contributed by atoms with Gasteiger partial charge in [-0.2, -0.15) is 5.26 Å². The van der Waals surface area contributed by atoms with Gasteiger partial charge >= 0.3 is 0 Å². The second kappa shape index (κ2) is 4.97. The van der Waals surface area contributed by atoms with Crippen molar-refractivity contribution in [2.24, 2.45) is 0 Å². The molecule has 0 bridgehead atoms. The van der Waals surface area contributed by atoms with Gasteiger partial charge in [-0.3, -0.25) is 0 Å². The van der Waals surface area contributed by atoms with Crippen LogP contribution >= 0.6 is 0 Å². The molecule has 0 amide bonds. The average molecular weight is 240 g/mol. The number of aryl methyl sites for hydroxylation is 2. The van der Waals surface area contributed by atoms with Gasteiger partial charge in [0.15, 0.2) is 0 Å². The van der Waals surface area contributed by atoms with Gasteiger partial charge in [0.1, 0.15) is 11.7 Å². The second-order valence-electron chi connectivity index (χ2n) is 4.38. The lowest BCUT2D eigenvalue weighted by atomic mass is 9.91. The van der Waals surface area contributed by atoms with Crippen LogP contribution in [0.4, 0.5) is 0 Å². The van der Waals surface area contributed by atoms with E-state index in [-0.39, 0.29) is 5.92 Å². The molecule has 1 N–H and O–H groups in total. The van der Waals surface area contributed by atoms with E-state index in [1.165, 1.54) is 11.1 Å². The fourth-order valence-corrected chi connectivity index (χ4v) is 2.05. The smallest absolute Gasteiger partial charge is 0.124 e. The van der Waals surface area contributed by atoms with Crippen LogP contribution in [0.1, 0.15) is 28.2 Å². The molecule has 0 aliphatic rings. The lowest BCUT2D eigenvalue weighted by Crippen LogP contribution is -2.02. The van der Waals surface area contributed by atoms with Gasteiger partial charge in [-0.05, 0) is 42.7 Å². The lowest BCUT2D eigenvalue weighted by Gasteiger charge is -2.15. The molecule has 0 aliphatic heterocycles. The zero-order chi connectivity index (χ0) is 13.1. The molecular formula is C15H16N2O. The van der Waals surface area contributed by atoms with Crippen molar-refractivity contribution in [1.29, 1.82) is 5.26 Å². The van der Waals surface area contributed by atoms with Gasteiger partial charge in [0, 0.05) is 18.0 Å². The van der Waals surface area contributed by atoms with Gasteiger partial charge in [0.2, 0.25) is 0 Å². The minimum absolute atomic E-state index is 0.300. The van der Waals surface area contributed by atoms with Crippen LogP contribution < -0.4 is 4.74 Å². The Balaban J connectivity index is 2.56. The van der Waals surface area contributed by atoms with E-state index >= 15 is 0 Å². The molecule has 2 rings (SSSR count). The standard InChI is InChI=1S/C15H16N2O/c1-10-6-13(15(18-3)7-11(10)2)14(8-16)12-4-5-17-9-12/h4-7,9,14,17H,1-3H3. The van der Waals surface area contributed by atoms with Gasteiger partial charge < -0.3 is 9.72 Å². The molecular weight excluding hydrogens is 224 g/mol. The summed E-state index contributed by atoms with van der Waals surface area (Å²) in [6.45, 7) is 4.09. The highest BCUT2D eigenvalue weighted by molar-refractivity contribution is 5.49. The first kappa shape index (κ1) is 12.3. The number of aromatic nitrogens is 1. The van der Waals surface area contributed by atoms with Crippen LogP contribution in [0.5, 0.6) is 5.75 Å². The Hall–Kier alpha value is -2.21. The molecule has 1 unspecified atom stereocenters. The zero-order valence-electron chi connectivity index (χ0n) is 10.8. The third kappa shape index (κ3) is 2.10. The number of nitrogens with one attached hydrogen (secondary N) is 1. The molecule has 1 atom stereocenters. The van der Waals surface area contributed by atoms with Crippen LogP contribution in [0, 0.1) is 25.2 Å². The third-order valence-electron chi connectivity index (χ3n) is 3.24. The average Bonchev–Trinajstić information content (AvgIpc) is 2.88. The zero-order valence-corrected chi connectivity index (χ0v) is 10.8. The van der Waals surface area contributed by atoms with Gasteiger partial charge in [-0.25, -0.2) is 0 Å². The summed E-state index contributed by atoms with van der Waals surface area (Å²) >= 11 is 0. The molecule has 0 saturated carbocycles. The Morgan fingerprint density at radius 1 is 1.28 bits per heavy atom. The summed E-state index contributed by atoms with van der Waals surface area (Å²) in [5.74, 6) is 0.469. The molecule has 1 aromatic heterocycles. The maximum atomic E-state index is 9.41. The number of rotatable bonds is 3. The molecule has 0 saturated heterocycles. The highest BCUT2D eigenvalue weighted by Gasteiger charge is 2.19. The van der Waals surface area contributed by atoms with Crippen molar-refractivity contribution in [3.05, 3.63) is 52.8 Å². The molecule has 3 nitrogen and oxygen atoms in total. The van der Waals surface area contributed by atoms with Crippen LogP contribution in [-0.2, 0) is 0 Å². The van der Waals surface area contributed by atoms with E-state index in [4.69, 9.17) is 4.74 Å². The second-order valence-corrected chi connectivity index (χ2v) is 4.38. The predicted molar refractivity (Wildman–Crippen MR) is 70.7 cm³/mol. The number of methoxy groups -OCH3 is 1. The summed E-state index contributed by atoms with van der Waals surface area (Å²) in [5.41, 5.74) is 4.21. The van der Waals surface area contributed by atoms with E-state index in [2.05, 4.69) is 11.1 Å². The van der Waals surface area contributed by atoms with E-state index in [9.17, 15) is 5.26 Å². The fraction of sp³-hybridized carbons (Fsp3) is 0.267. The molecule has 0 radical (unpaired) electrons. The molecule has 3 heteroatoms. The van der Waals surface area contributed by atoms with Crippen LogP contribution in [-0.4, -0.2) is 12.1 Å².